The Labute approximate surface area is 108 Å². The van der Waals surface area contributed by atoms with E-state index >= 15 is 0 Å². The van der Waals surface area contributed by atoms with Gasteiger partial charge in [-0.2, -0.15) is 11.8 Å². The average molecular weight is 254 g/mol. The SMILES string of the molecule is COc1ccc(CCC(O)CCCSC)cc1. The first kappa shape index (κ1) is 14.4. The summed E-state index contributed by atoms with van der Waals surface area (Å²) in [4.78, 5) is 0. The van der Waals surface area contributed by atoms with Gasteiger partial charge in [0.15, 0.2) is 0 Å². The van der Waals surface area contributed by atoms with Crippen molar-refractivity contribution in [3.63, 3.8) is 0 Å². The zero-order chi connectivity index (χ0) is 12.5. The fourth-order valence-corrected chi connectivity index (χ4v) is 2.19. The molecule has 1 N–H and O–H groups in total. The zero-order valence-electron chi connectivity index (χ0n) is 10.7. The van der Waals surface area contributed by atoms with Gasteiger partial charge in [-0.05, 0) is 55.4 Å². The Balaban J connectivity index is 2.24. The molecule has 96 valence electrons. The molecule has 0 fully saturated rings. The largest absolute Gasteiger partial charge is 0.497 e. The van der Waals surface area contributed by atoms with Gasteiger partial charge < -0.3 is 9.84 Å². The number of aliphatic hydroxyl groups excluding tert-OH is 1. The number of ether oxygens (including phenoxy) is 1. The van der Waals surface area contributed by atoms with Crippen LogP contribution in [0.15, 0.2) is 24.3 Å². The van der Waals surface area contributed by atoms with E-state index in [4.69, 9.17) is 4.74 Å². The Kier molecular flexibility index (Phi) is 7.13. The lowest BCUT2D eigenvalue weighted by Gasteiger charge is -2.10. The van der Waals surface area contributed by atoms with E-state index in [1.54, 1.807) is 7.11 Å². The number of hydrogen-bond acceptors (Lipinski definition) is 3. The molecule has 0 radical (unpaired) electrons. The van der Waals surface area contributed by atoms with Gasteiger partial charge in [0.25, 0.3) is 0 Å². The topological polar surface area (TPSA) is 29.5 Å². The summed E-state index contributed by atoms with van der Waals surface area (Å²) in [5.41, 5.74) is 1.26. The van der Waals surface area contributed by atoms with Crippen LogP contribution in [0.5, 0.6) is 5.75 Å². The quantitative estimate of drug-likeness (QED) is 0.723. The minimum absolute atomic E-state index is 0.163. The summed E-state index contributed by atoms with van der Waals surface area (Å²) in [5.74, 6) is 2.02. The first-order valence-electron chi connectivity index (χ1n) is 6.06. The lowest BCUT2D eigenvalue weighted by Crippen LogP contribution is -2.08. The fourth-order valence-electron chi connectivity index (χ4n) is 1.73. The summed E-state index contributed by atoms with van der Waals surface area (Å²) in [5, 5.41) is 9.80. The van der Waals surface area contributed by atoms with E-state index in [0.717, 1.165) is 37.2 Å². The minimum Gasteiger partial charge on any atom is -0.497 e. The highest BCUT2D eigenvalue weighted by molar-refractivity contribution is 7.98. The van der Waals surface area contributed by atoms with Crippen molar-refractivity contribution < 1.29 is 9.84 Å². The van der Waals surface area contributed by atoms with Crippen LogP contribution in [0.1, 0.15) is 24.8 Å². The number of rotatable bonds is 8. The van der Waals surface area contributed by atoms with Crippen molar-refractivity contribution in [3.05, 3.63) is 29.8 Å². The predicted molar refractivity (Wildman–Crippen MR) is 74.9 cm³/mol. The molecule has 0 saturated heterocycles. The predicted octanol–water partition coefficient (Wildman–Crippen LogP) is 3.13. The summed E-state index contributed by atoms with van der Waals surface area (Å²) in [6.07, 6.45) is 5.74. The molecule has 2 nitrogen and oxygen atoms in total. The monoisotopic (exact) mass is 254 g/mol. The minimum atomic E-state index is -0.163. The highest BCUT2D eigenvalue weighted by Crippen LogP contribution is 2.14. The summed E-state index contributed by atoms with van der Waals surface area (Å²) in [7, 11) is 1.67. The van der Waals surface area contributed by atoms with Crippen LogP contribution in [0.25, 0.3) is 0 Å². The third kappa shape index (κ3) is 5.99. The maximum Gasteiger partial charge on any atom is 0.118 e. The maximum absolute atomic E-state index is 9.80. The van der Waals surface area contributed by atoms with Crippen LogP contribution in [-0.2, 0) is 6.42 Å². The second kappa shape index (κ2) is 8.43. The fraction of sp³-hybridized carbons (Fsp3) is 0.571. The van der Waals surface area contributed by atoms with Crippen molar-refractivity contribution in [1.29, 1.82) is 0 Å². The molecular formula is C14H22O2S. The normalized spacial score (nSPS) is 12.4. The lowest BCUT2D eigenvalue weighted by molar-refractivity contribution is 0.154. The summed E-state index contributed by atoms with van der Waals surface area (Å²) in [6.45, 7) is 0. The molecule has 3 heteroatoms. The molecule has 1 unspecified atom stereocenters. The summed E-state index contributed by atoms with van der Waals surface area (Å²) >= 11 is 1.84. The van der Waals surface area contributed by atoms with E-state index in [1.165, 1.54) is 5.56 Å². The van der Waals surface area contributed by atoms with Crippen molar-refractivity contribution in [2.24, 2.45) is 0 Å². The number of methoxy groups -OCH3 is 1. The Morgan fingerprint density at radius 2 is 1.94 bits per heavy atom. The molecule has 1 aromatic carbocycles. The molecule has 1 atom stereocenters. The van der Waals surface area contributed by atoms with Gasteiger partial charge in [-0.15, -0.1) is 0 Å². The molecule has 0 spiro atoms. The van der Waals surface area contributed by atoms with Crippen molar-refractivity contribution in [2.75, 3.05) is 19.1 Å². The third-order valence-electron chi connectivity index (χ3n) is 2.81. The molecule has 0 amide bonds. The van der Waals surface area contributed by atoms with Crippen LogP contribution in [0.2, 0.25) is 0 Å². The molecule has 0 aliphatic heterocycles. The average Bonchev–Trinajstić information content (AvgIpc) is 2.37. The van der Waals surface area contributed by atoms with E-state index < -0.39 is 0 Å². The Bertz CT molecular complexity index is 298. The highest BCUT2D eigenvalue weighted by Gasteiger charge is 2.04. The molecule has 0 aromatic heterocycles. The highest BCUT2D eigenvalue weighted by atomic mass is 32.2. The van der Waals surface area contributed by atoms with Gasteiger partial charge in [0, 0.05) is 0 Å². The van der Waals surface area contributed by atoms with Crippen molar-refractivity contribution >= 4 is 11.8 Å². The van der Waals surface area contributed by atoms with E-state index in [0.29, 0.717) is 0 Å². The second-order valence-corrected chi connectivity index (χ2v) is 5.16. The molecule has 0 aliphatic rings. The van der Waals surface area contributed by atoms with E-state index in [2.05, 4.69) is 18.4 Å². The number of aliphatic hydroxyl groups is 1. The molecular weight excluding hydrogens is 232 g/mol. The number of hydrogen-bond donors (Lipinski definition) is 1. The van der Waals surface area contributed by atoms with Gasteiger partial charge in [0.05, 0.1) is 13.2 Å². The van der Waals surface area contributed by atoms with E-state index in [-0.39, 0.29) is 6.10 Å². The van der Waals surface area contributed by atoms with Gasteiger partial charge in [-0.25, -0.2) is 0 Å². The summed E-state index contributed by atoms with van der Waals surface area (Å²) in [6, 6.07) is 8.06. The molecule has 1 aromatic rings. The van der Waals surface area contributed by atoms with Gasteiger partial charge >= 0.3 is 0 Å². The van der Waals surface area contributed by atoms with Crippen LogP contribution in [-0.4, -0.2) is 30.3 Å². The van der Waals surface area contributed by atoms with Gasteiger partial charge in [-0.3, -0.25) is 0 Å². The standard InChI is InChI=1S/C14H22O2S/c1-16-14-9-6-12(7-10-14)5-8-13(15)4-3-11-17-2/h6-7,9-10,13,15H,3-5,8,11H2,1-2H3. The Morgan fingerprint density at radius 3 is 2.53 bits per heavy atom. The first-order chi connectivity index (χ1) is 8.26. The van der Waals surface area contributed by atoms with Crippen molar-refractivity contribution in [3.8, 4) is 5.75 Å². The zero-order valence-corrected chi connectivity index (χ0v) is 11.5. The van der Waals surface area contributed by atoms with Crippen molar-refractivity contribution in [1.82, 2.24) is 0 Å². The smallest absolute Gasteiger partial charge is 0.118 e. The second-order valence-electron chi connectivity index (χ2n) is 4.18. The molecule has 17 heavy (non-hydrogen) atoms. The number of benzene rings is 1. The number of thioether (sulfide) groups is 1. The Morgan fingerprint density at radius 1 is 1.24 bits per heavy atom. The van der Waals surface area contributed by atoms with E-state index in [9.17, 15) is 5.11 Å². The van der Waals surface area contributed by atoms with Crippen molar-refractivity contribution in [2.45, 2.75) is 31.8 Å². The van der Waals surface area contributed by atoms with Gasteiger partial charge in [-0.1, -0.05) is 12.1 Å². The van der Waals surface area contributed by atoms with E-state index in [1.807, 2.05) is 23.9 Å². The van der Waals surface area contributed by atoms with Crippen LogP contribution in [0.4, 0.5) is 0 Å². The Hall–Kier alpha value is -0.670. The maximum atomic E-state index is 9.80. The van der Waals surface area contributed by atoms with Crippen LogP contribution < -0.4 is 4.74 Å². The van der Waals surface area contributed by atoms with Crippen LogP contribution >= 0.6 is 11.8 Å². The molecule has 1 rings (SSSR count). The molecule has 0 saturated carbocycles. The lowest BCUT2D eigenvalue weighted by atomic mass is 10.0. The first-order valence-corrected chi connectivity index (χ1v) is 7.45. The molecule has 0 aliphatic carbocycles. The van der Waals surface area contributed by atoms with Gasteiger partial charge in [0.2, 0.25) is 0 Å². The van der Waals surface area contributed by atoms with Crippen LogP contribution in [0.3, 0.4) is 0 Å². The molecule has 0 heterocycles. The van der Waals surface area contributed by atoms with Gasteiger partial charge in [0.1, 0.15) is 5.75 Å². The van der Waals surface area contributed by atoms with Crippen LogP contribution in [0, 0.1) is 0 Å². The summed E-state index contributed by atoms with van der Waals surface area (Å²) < 4.78 is 5.11. The number of aryl methyl sites for hydroxylation is 1. The molecule has 0 bridgehead atoms. The third-order valence-corrected chi connectivity index (χ3v) is 3.51.